The minimum Gasteiger partial charge on any atom is -0.381 e. The number of halogens is 1. The molecule has 1 saturated heterocycles. The SMILES string of the molecule is Fc1cccc(C2(c3nc(C4CCCCC4)no3)CCOCC2)c1. The van der Waals surface area contributed by atoms with Gasteiger partial charge in [0.2, 0.25) is 5.89 Å². The Morgan fingerprint density at radius 1 is 1.08 bits per heavy atom. The van der Waals surface area contributed by atoms with Crippen molar-refractivity contribution in [1.29, 1.82) is 0 Å². The average molecular weight is 330 g/mol. The maximum atomic E-state index is 13.8. The van der Waals surface area contributed by atoms with E-state index in [1.807, 2.05) is 6.07 Å². The second kappa shape index (κ2) is 6.63. The fourth-order valence-corrected chi connectivity index (χ4v) is 4.09. The van der Waals surface area contributed by atoms with Crippen molar-refractivity contribution in [2.24, 2.45) is 0 Å². The van der Waals surface area contributed by atoms with E-state index in [-0.39, 0.29) is 5.82 Å². The molecule has 2 aromatic rings. The molecule has 2 fully saturated rings. The van der Waals surface area contributed by atoms with Crippen LogP contribution in [0.25, 0.3) is 0 Å². The molecule has 1 saturated carbocycles. The van der Waals surface area contributed by atoms with Gasteiger partial charge < -0.3 is 9.26 Å². The monoisotopic (exact) mass is 330 g/mol. The molecule has 1 aliphatic carbocycles. The summed E-state index contributed by atoms with van der Waals surface area (Å²) in [5.41, 5.74) is 0.477. The first-order chi connectivity index (χ1) is 11.8. The van der Waals surface area contributed by atoms with E-state index in [4.69, 9.17) is 14.2 Å². The van der Waals surface area contributed by atoms with Crippen molar-refractivity contribution in [2.45, 2.75) is 56.3 Å². The molecule has 5 heteroatoms. The Bertz CT molecular complexity index is 688. The summed E-state index contributed by atoms with van der Waals surface area (Å²) < 4.78 is 25.1. The van der Waals surface area contributed by atoms with Gasteiger partial charge in [0.05, 0.1) is 5.41 Å². The quantitative estimate of drug-likeness (QED) is 0.839. The highest BCUT2D eigenvalue weighted by atomic mass is 19.1. The van der Waals surface area contributed by atoms with Crippen LogP contribution in [0.1, 0.15) is 68.1 Å². The summed E-state index contributed by atoms with van der Waals surface area (Å²) in [5.74, 6) is 1.62. The first kappa shape index (κ1) is 15.8. The lowest BCUT2D eigenvalue weighted by molar-refractivity contribution is 0.0522. The molecule has 0 bridgehead atoms. The maximum absolute atomic E-state index is 13.8. The number of aromatic nitrogens is 2. The first-order valence-electron chi connectivity index (χ1n) is 8.96. The predicted octanol–water partition coefficient (Wildman–Crippen LogP) is 4.35. The molecule has 2 heterocycles. The molecular weight excluding hydrogens is 307 g/mol. The minimum absolute atomic E-state index is 0.231. The number of hydrogen-bond donors (Lipinski definition) is 0. The maximum Gasteiger partial charge on any atom is 0.237 e. The van der Waals surface area contributed by atoms with Gasteiger partial charge in [-0.25, -0.2) is 4.39 Å². The van der Waals surface area contributed by atoms with Gasteiger partial charge in [-0.3, -0.25) is 0 Å². The second-order valence-electron chi connectivity index (χ2n) is 7.00. The van der Waals surface area contributed by atoms with Crippen LogP contribution < -0.4 is 0 Å². The van der Waals surface area contributed by atoms with E-state index >= 15 is 0 Å². The summed E-state index contributed by atoms with van der Waals surface area (Å²) in [6, 6.07) is 6.77. The molecule has 0 spiro atoms. The third-order valence-corrected chi connectivity index (χ3v) is 5.54. The van der Waals surface area contributed by atoms with Crippen LogP contribution in [0.3, 0.4) is 0 Å². The molecule has 1 aromatic heterocycles. The minimum atomic E-state index is -0.430. The second-order valence-corrected chi connectivity index (χ2v) is 7.00. The van der Waals surface area contributed by atoms with Crippen molar-refractivity contribution in [1.82, 2.24) is 10.1 Å². The van der Waals surface area contributed by atoms with Crippen molar-refractivity contribution >= 4 is 0 Å². The van der Waals surface area contributed by atoms with Crippen molar-refractivity contribution < 1.29 is 13.7 Å². The standard InChI is InChI=1S/C19H23FN2O2/c20-16-8-4-7-15(13-16)19(9-11-23-12-10-19)18-21-17(22-24-18)14-5-2-1-3-6-14/h4,7-8,13-14H,1-3,5-6,9-12H2. The topological polar surface area (TPSA) is 48.2 Å². The molecule has 4 nitrogen and oxygen atoms in total. The normalized spacial score (nSPS) is 21.7. The van der Waals surface area contributed by atoms with Crippen LogP contribution in [0.2, 0.25) is 0 Å². The van der Waals surface area contributed by atoms with Crippen LogP contribution in [0, 0.1) is 5.82 Å². The van der Waals surface area contributed by atoms with E-state index in [1.165, 1.54) is 25.3 Å². The Kier molecular flexibility index (Phi) is 4.35. The predicted molar refractivity (Wildman–Crippen MR) is 87.4 cm³/mol. The summed E-state index contributed by atoms with van der Waals surface area (Å²) in [7, 11) is 0. The summed E-state index contributed by atoms with van der Waals surface area (Å²) in [4.78, 5) is 4.78. The van der Waals surface area contributed by atoms with Gasteiger partial charge >= 0.3 is 0 Å². The molecule has 0 atom stereocenters. The Morgan fingerprint density at radius 3 is 2.62 bits per heavy atom. The van der Waals surface area contributed by atoms with Gasteiger partial charge in [0.25, 0.3) is 0 Å². The number of hydrogen-bond acceptors (Lipinski definition) is 4. The van der Waals surface area contributed by atoms with Crippen molar-refractivity contribution in [3.05, 3.63) is 47.4 Å². The zero-order valence-corrected chi connectivity index (χ0v) is 13.8. The van der Waals surface area contributed by atoms with Gasteiger partial charge in [0, 0.05) is 19.1 Å². The van der Waals surface area contributed by atoms with Gasteiger partial charge in [-0.1, -0.05) is 36.6 Å². The van der Waals surface area contributed by atoms with E-state index < -0.39 is 5.41 Å². The van der Waals surface area contributed by atoms with Crippen LogP contribution >= 0.6 is 0 Å². The van der Waals surface area contributed by atoms with Crippen molar-refractivity contribution in [2.75, 3.05) is 13.2 Å². The molecule has 1 aliphatic heterocycles. The summed E-state index contributed by atoms with van der Waals surface area (Å²) >= 11 is 0. The molecule has 24 heavy (non-hydrogen) atoms. The Balaban J connectivity index is 1.70. The van der Waals surface area contributed by atoms with Gasteiger partial charge in [-0.05, 0) is 43.4 Å². The van der Waals surface area contributed by atoms with E-state index in [0.29, 0.717) is 25.0 Å². The molecular formula is C19H23FN2O2. The molecule has 0 unspecified atom stereocenters. The smallest absolute Gasteiger partial charge is 0.237 e. The zero-order chi connectivity index (χ0) is 16.4. The average Bonchev–Trinajstić information content (AvgIpc) is 3.14. The Morgan fingerprint density at radius 2 is 1.88 bits per heavy atom. The van der Waals surface area contributed by atoms with E-state index in [9.17, 15) is 4.39 Å². The van der Waals surface area contributed by atoms with Crippen LogP contribution in [-0.2, 0) is 10.2 Å². The molecule has 1 aromatic carbocycles. The lowest BCUT2D eigenvalue weighted by Gasteiger charge is -2.34. The van der Waals surface area contributed by atoms with Crippen LogP contribution in [-0.4, -0.2) is 23.4 Å². The van der Waals surface area contributed by atoms with E-state index in [2.05, 4.69) is 5.16 Å². The zero-order valence-electron chi connectivity index (χ0n) is 13.8. The van der Waals surface area contributed by atoms with Gasteiger partial charge in [-0.2, -0.15) is 4.98 Å². The fourth-order valence-electron chi connectivity index (χ4n) is 4.09. The van der Waals surface area contributed by atoms with Crippen LogP contribution in [0.4, 0.5) is 4.39 Å². The first-order valence-corrected chi connectivity index (χ1v) is 8.96. The number of benzene rings is 1. The van der Waals surface area contributed by atoms with Gasteiger partial charge in [0.15, 0.2) is 5.82 Å². The lowest BCUT2D eigenvalue weighted by Crippen LogP contribution is -2.35. The highest BCUT2D eigenvalue weighted by Crippen LogP contribution is 2.41. The summed E-state index contributed by atoms with van der Waals surface area (Å²) in [6.45, 7) is 1.25. The fraction of sp³-hybridized carbons (Fsp3) is 0.579. The lowest BCUT2D eigenvalue weighted by atomic mass is 9.74. The van der Waals surface area contributed by atoms with Crippen molar-refractivity contribution in [3.8, 4) is 0 Å². The highest BCUT2D eigenvalue weighted by Gasteiger charge is 2.42. The molecule has 128 valence electrons. The molecule has 0 amide bonds. The van der Waals surface area contributed by atoms with Crippen molar-refractivity contribution in [3.63, 3.8) is 0 Å². The van der Waals surface area contributed by atoms with E-state index in [1.54, 1.807) is 12.1 Å². The van der Waals surface area contributed by atoms with Gasteiger partial charge in [-0.15, -0.1) is 0 Å². The number of nitrogens with zero attached hydrogens (tertiary/aromatic N) is 2. The Labute approximate surface area is 141 Å². The summed E-state index contributed by atoms with van der Waals surface area (Å²) in [6.07, 6.45) is 7.51. The molecule has 4 rings (SSSR count). The van der Waals surface area contributed by atoms with Crippen LogP contribution in [0.15, 0.2) is 28.8 Å². The Hall–Kier alpha value is -1.75. The largest absolute Gasteiger partial charge is 0.381 e. The highest BCUT2D eigenvalue weighted by molar-refractivity contribution is 5.33. The third-order valence-electron chi connectivity index (χ3n) is 5.54. The van der Waals surface area contributed by atoms with E-state index in [0.717, 1.165) is 37.1 Å². The molecule has 0 radical (unpaired) electrons. The molecule has 0 N–H and O–H groups in total. The number of ether oxygens (including phenoxy) is 1. The van der Waals surface area contributed by atoms with Crippen LogP contribution in [0.5, 0.6) is 0 Å². The summed E-state index contributed by atoms with van der Waals surface area (Å²) in [5, 5.41) is 4.29. The molecule has 2 aliphatic rings. The third kappa shape index (κ3) is 2.86. The number of rotatable bonds is 3. The van der Waals surface area contributed by atoms with Gasteiger partial charge in [0.1, 0.15) is 5.82 Å².